The lowest BCUT2D eigenvalue weighted by molar-refractivity contribution is -0.140. The van der Waals surface area contributed by atoms with E-state index in [2.05, 4.69) is 12.6 Å². The zero-order valence-corrected chi connectivity index (χ0v) is 11.9. The van der Waals surface area contributed by atoms with E-state index in [0.29, 0.717) is 6.61 Å². The summed E-state index contributed by atoms with van der Waals surface area (Å²) in [7, 11) is 2.29. The monoisotopic (exact) mass is 268 g/mol. The van der Waals surface area contributed by atoms with Crippen LogP contribution in [0, 0.1) is 0 Å². The van der Waals surface area contributed by atoms with Crippen molar-refractivity contribution in [3.8, 4) is 0 Å². The Morgan fingerprint density at radius 1 is 1.12 bits per heavy atom. The van der Waals surface area contributed by atoms with Crippen LogP contribution >= 0.6 is 12.6 Å². The van der Waals surface area contributed by atoms with E-state index >= 15 is 0 Å². The smallest absolute Gasteiger partial charge is 0.465 e. The Kier molecular flexibility index (Phi) is 8.95. The molecule has 0 fully saturated rings. The summed E-state index contributed by atoms with van der Waals surface area (Å²) in [6, 6.07) is 0.717. The predicted octanol–water partition coefficient (Wildman–Crippen LogP) is 1.12. The molecule has 0 aliphatic heterocycles. The quantitative estimate of drug-likeness (QED) is 0.294. The number of hydrogen-bond acceptors (Lipinski definition) is 6. The van der Waals surface area contributed by atoms with Crippen molar-refractivity contribution >= 4 is 27.4 Å². The van der Waals surface area contributed by atoms with Gasteiger partial charge < -0.3 is 18.0 Å². The van der Waals surface area contributed by atoms with Gasteiger partial charge in [-0.1, -0.05) is 0 Å². The molecule has 0 aromatic rings. The Balaban J connectivity index is 3.67. The minimum atomic E-state index is -2.46. The second-order valence-electron chi connectivity index (χ2n) is 3.13. The van der Waals surface area contributed by atoms with Crippen molar-refractivity contribution < 1.29 is 22.8 Å². The highest BCUT2D eigenvalue weighted by atomic mass is 32.1. The first-order chi connectivity index (χ1) is 7.64. The van der Waals surface area contributed by atoms with Crippen LogP contribution in [0.1, 0.15) is 12.8 Å². The SMILES string of the molecule is CO[Si](CCCCOC(=O)CS)(OC)OC. The first-order valence-corrected chi connectivity index (χ1v) is 7.62. The van der Waals surface area contributed by atoms with Crippen molar-refractivity contribution in [3.63, 3.8) is 0 Å². The molecule has 7 heteroatoms. The van der Waals surface area contributed by atoms with E-state index in [4.69, 9.17) is 18.0 Å². The van der Waals surface area contributed by atoms with Crippen molar-refractivity contribution in [1.82, 2.24) is 0 Å². The second kappa shape index (κ2) is 9.00. The van der Waals surface area contributed by atoms with Gasteiger partial charge in [-0.2, -0.15) is 12.6 Å². The fourth-order valence-electron chi connectivity index (χ4n) is 1.23. The Morgan fingerprint density at radius 2 is 1.69 bits per heavy atom. The molecular weight excluding hydrogens is 248 g/mol. The van der Waals surface area contributed by atoms with Gasteiger partial charge in [-0.25, -0.2) is 0 Å². The highest BCUT2D eigenvalue weighted by molar-refractivity contribution is 7.81. The topological polar surface area (TPSA) is 54.0 Å². The molecular formula is C9H20O5SSi. The minimum Gasteiger partial charge on any atom is -0.465 e. The fraction of sp³-hybridized carbons (Fsp3) is 0.889. The fourth-order valence-corrected chi connectivity index (χ4v) is 3.12. The molecule has 0 N–H and O–H groups in total. The first-order valence-electron chi connectivity index (χ1n) is 5.06. The lowest BCUT2D eigenvalue weighted by Crippen LogP contribution is -2.42. The summed E-state index contributed by atoms with van der Waals surface area (Å²) in [4.78, 5) is 10.8. The number of hydrogen-bond donors (Lipinski definition) is 1. The van der Waals surface area contributed by atoms with Gasteiger partial charge >= 0.3 is 14.8 Å². The maximum atomic E-state index is 10.8. The number of thiol groups is 1. The van der Waals surface area contributed by atoms with Crippen molar-refractivity contribution in [2.45, 2.75) is 18.9 Å². The van der Waals surface area contributed by atoms with Crippen LogP contribution in [0.15, 0.2) is 0 Å². The van der Waals surface area contributed by atoms with Crippen LogP contribution < -0.4 is 0 Å². The molecule has 16 heavy (non-hydrogen) atoms. The molecule has 0 aliphatic carbocycles. The Morgan fingerprint density at radius 3 is 2.12 bits per heavy atom. The lowest BCUT2D eigenvalue weighted by atomic mass is 10.4. The zero-order chi connectivity index (χ0) is 12.4. The van der Waals surface area contributed by atoms with E-state index in [1.54, 1.807) is 21.3 Å². The molecule has 96 valence electrons. The van der Waals surface area contributed by atoms with Crippen LogP contribution in [0.2, 0.25) is 6.04 Å². The Bertz CT molecular complexity index is 190. The molecule has 0 aliphatic rings. The van der Waals surface area contributed by atoms with E-state index < -0.39 is 8.80 Å². The van der Waals surface area contributed by atoms with E-state index in [-0.39, 0.29) is 11.7 Å². The van der Waals surface area contributed by atoms with Gasteiger partial charge in [0.05, 0.1) is 12.4 Å². The molecule has 0 heterocycles. The van der Waals surface area contributed by atoms with Crippen LogP contribution in [-0.4, -0.2) is 48.5 Å². The molecule has 0 aromatic carbocycles. The largest absolute Gasteiger partial charge is 0.500 e. The van der Waals surface area contributed by atoms with E-state index in [0.717, 1.165) is 18.9 Å². The molecule has 0 spiro atoms. The van der Waals surface area contributed by atoms with Gasteiger partial charge in [-0.3, -0.25) is 4.79 Å². The van der Waals surface area contributed by atoms with Gasteiger partial charge in [-0.15, -0.1) is 0 Å². The van der Waals surface area contributed by atoms with Gasteiger partial charge in [0.25, 0.3) is 0 Å². The van der Waals surface area contributed by atoms with Crippen molar-refractivity contribution in [3.05, 3.63) is 0 Å². The average molecular weight is 268 g/mol. The zero-order valence-electron chi connectivity index (χ0n) is 10.0. The molecule has 0 radical (unpaired) electrons. The number of carbonyl (C=O) groups excluding carboxylic acids is 1. The number of rotatable bonds is 9. The van der Waals surface area contributed by atoms with Crippen LogP contribution in [0.4, 0.5) is 0 Å². The van der Waals surface area contributed by atoms with E-state index in [9.17, 15) is 4.79 Å². The first kappa shape index (κ1) is 15.9. The third-order valence-corrected chi connectivity index (χ3v) is 5.29. The average Bonchev–Trinajstić information content (AvgIpc) is 2.34. The summed E-state index contributed by atoms with van der Waals surface area (Å²) in [5.41, 5.74) is 0. The number of ether oxygens (including phenoxy) is 1. The van der Waals surface area contributed by atoms with Crippen LogP contribution in [0.3, 0.4) is 0 Å². The summed E-state index contributed by atoms with van der Waals surface area (Å²) < 4.78 is 20.7. The van der Waals surface area contributed by atoms with E-state index in [1.165, 1.54) is 0 Å². The molecule has 0 atom stereocenters. The summed E-state index contributed by atoms with van der Waals surface area (Å²) >= 11 is 3.80. The number of carbonyl (C=O) groups is 1. The van der Waals surface area contributed by atoms with Gasteiger partial charge in [0.1, 0.15) is 0 Å². The summed E-state index contributed by atoms with van der Waals surface area (Å²) in [6.07, 6.45) is 1.60. The Labute approximate surface area is 103 Å². The van der Waals surface area contributed by atoms with E-state index in [1.807, 2.05) is 0 Å². The summed E-state index contributed by atoms with van der Waals surface area (Å²) in [6.45, 7) is 0.404. The van der Waals surface area contributed by atoms with Crippen LogP contribution in [-0.2, 0) is 22.8 Å². The van der Waals surface area contributed by atoms with Gasteiger partial charge in [-0.05, 0) is 12.8 Å². The van der Waals surface area contributed by atoms with Crippen LogP contribution in [0.25, 0.3) is 0 Å². The second-order valence-corrected chi connectivity index (χ2v) is 6.54. The summed E-state index contributed by atoms with van der Waals surface area (Å²) in [5, 5.41) is 0. The summed E-state index contributed by atoms with van der Waals surface area (Å²) in [5.74, 6) is -0.176. The predicted molar refractivity (Wildman–Crippen MR) is 65.6 cm³/mol. The van der Waals surface area contributed by atoms with Crippen molar-refractivity contribution in [2.24, 2.45) is 0 Å². The lowest BCUT2D eigenvalue weighted by Gasteiger charge is -2.24. The standard InChI is InChI=1S/C9H20O5SSi/c1-11-16(12-2,13-3)7-5-4-6-14-9(10)8-15/h15H,4-8H2,1-3H3. The number of esters is 1. The Hall–Kier alpha value is -0.0831. The molecule has 5 nitrogen and oxygen atoms in total. The molecule has 0 amide bonds. The maximum Gasteiger partial charge on any atom is 0.500 e. The highest BCUT2D eigenvalue weighted by Crippen LogP contribution is 2.16. The number of unbranched alkanes of at least 4 members (excludes halogenated alkanes) is 1. The molecule has 0 unspecified atom stereocenters. The van der Waals surface area contributed by atoms with Gasteiger partial charge in [0.2, 0.25) is 0 Å². The molecule has 0 rings (SSSR count). The molecule has 0 aromatic heterocycles. The third kappa shape index (κ3) is 5.85. The van der Waals surface area contributed by atoms with Gasteiger partial charge in [0, 0.05) is 27.4 Å². The normalized spacial score (nSPS) is 11.5. The minimum absolute atomic E-state index is 0.118. The maximum absolute atomic E-state index is 10.8. The van der Waals surface area contributed by atoms with Crippen LogP contribution in [0.5, 0.6) is 0 Å². The third-order valence-electron chi connectivity index (χ3n) is 2.20. The molecule has 0 bridgehead atoms. The van der Waals surface area contributed by atoms with Crippen molar-refractivity contribution in [1.29, 1.82) is 0 Å². The van der Waals surface area contributed by atoms with Crippen molar-refractivity contribution in [2.75, 3.05) is 33.7 Å². The molecule has 0 saturated heterocycles. The molecule has 0 saturated carbocycles. The highest BCUT2D eigenvalue weighted by Gasteiger charge is 2.36. The van der Waals surface area contributed by atoms with Gasteiger partial charge in [0.15, 0.2) is 0 Å².